The molecule has 1 spiro atoms. The molecule has 2 unspecified atom stereocenters. The number of piperazine rings is 1. The van der Waals surface area contributed by atoms with Crippen LogP contribution < -0.4 is 5.32 Å². The third-order valence-corrected chi connectivity index (χ3v) is 6.18. The molecule has 1 saturated heterocycles. The molecule has 2 atom stereocenters. The number of hydrogen-bond donors (Lipinski definition) is 1. The van der Waals surface area contributed by atoms with Crippen LogP contribution in [0, 0.1) is 5.92 Å². The highest BCUT2D eigenvalue weighted by Crippen LogP contribution is 2.35. The minimum Gasteiger partial charge on any atom is -0.308 e. The van der Waals surface area contributed by atoms with Crippen LogP contribution in [0.1, 0.15) is 53.4 Å². The van der Waals surface area contributed by atoms with E-state index in [1.54, 1.807) is 0 Å². The van der Waals surface area contributed by atoms with Gasteiger partial charge in [0.25, 0.3) is 0 Å². The average molecular weight is 285 g/mol. The number of nitrogens with one attached hydrogen (secondary N) is 1. The van der Waals surface area contributed by atoms with Crippen molar-refractivity contribution >= 4 is 11.8 Å². The Bertz CT molecular complexity index is 274. The van der Waals surface area contributed by atoms with Crippen molar-refractivity contribution < 1.29 is 0 Å². The van der Waals surface area contributed by atoms with Crippen LogP contribution in [0.4, 0.5) is 0 Å². The predicted molar refractivity (Wildman–Crippen MR) is 87.0 cm³/mol. The molecule has 1 heterocycles. The summed E-state index contributed by atoms with van der Waals surface area (Å²) in [5.74, 6) is 3.28. The highest BCUT2D eigenvalue weighted by atomic mass is 32.2. The Morgan fingerprint density at radius 3 is 2.53 bits per heavy atom. The van der Waals surface area contributed by atoms with E-state index in [4.69, 9.17) is 0 Å². The first-order valence-corrected chi connectivity index (χ1v) is 9.32. The minimum atomic E-state index is 0.455. The van der Waals surface area contributed by atoms with Gasteiger partial charge in [0.15, 0.2) is 0 Å². The van der Waals surface area contributed by atoms with Crippen molar-refractivity contribution in [3.8, 4) is 0 Å². The van der Waals surface area contributed by atoms with Crippen LogP contribution in [0.15, 0.2) is 0 Å². The van der Waals surface area contributed by atoms with Gasteiger partial charge in [-0.2, -0.15) is 11.8 Å². The van der Waals surface area contributed by atoms with E-state index in [9.17, 15) is 0 Å². The molecule has 112 valence electrons. The quantitative estimate of drug-likeness (QED) is 0.833. The van der Waals surface area contributed by atoms with Gasteiger partial charge in [0.2, 0.25) is 0 Å². The number of rotatable bonds is 5. The van der Waals surface area contributed by atoms with Gasteiger partial charge in [0.1, 0.15) is 0 Å². The summed E-state index contributed by atoms with van der Waals surface area (Å²) in [6, 6.07) is 1.44. The largest absolute Gasteiger partial charge is 0.308 e. The van der Waals surface area contributed by atoms with Crippen LogP contribution in [0.2, 0.25) is 0 Å². The van der Waals surface area contributed by atoms with E-state index in [-0.39, 0.29) is 0 Å². The number of nitrogens with zero attached hydrogens (tertiary/aromatic N) is 1. The molecule has 0 amide bonds. The third-order valence-electron chi connectivity index (χ3n) is 5.06. The Kier molecular flexibility index (Phi) is 5.62. The summed E-state index contributed by atoms with van der Waals surface area (Å²) in [7, 11) is 0. The fourth-order valence-electron chi connectivity index (χ4n) is 3.83. The van der Waals surface area contributed by atoms with E-state index in [0.29, 0.717) is 5.54 Å². The molecule has 1 aliphatic heterocycles. The monoisotopic (exact) mass is 284 g/mol. The number of thioether (sulfide) groups is 1. The van der Waals surface area contributed by atoms with Crippen LogP contribution in [-0.2, 0) is 0 Å². The zero-order chi connectivity index (χ0) is 13.9. The van der Waals surface area contributed by atoms with Crippen LogP contribution >= 0.6 is 11.8 Å². The zero-order valence-electron chi connectivity index (χ0n) is 13.2. The highest BCUT2D eigenvalue weighted by Gasteiger charge is 2.42. The molecule has 0 aromatic heterocycles. The third kappa shape index (κ3) is 3.68. The van der Waals surface area contributed by atoms with E-state index in [2.05, 4.69) is 49.7 Å². The van der Waals surface area contributed by atoms with Crippen LogP contribution in [0.25, 0.3) is 0 Å². The van der Waals surface area contributed by atoms with Crippen LogP contribution in [0.5, 0.6) is 0 Å². The smallest absolute Gasteiger partial charge is 0.0309 e. The molecular formula is C16H32N2S. The SMILES string of the molecule is CCSCC(C)N1CC2(CCCC2)NCC1C(C)C. The van der Waals surface area contributed by atoms with Crippen molar-refractivity contribution in [1.29, 1.82) is 0 Å². The molecule has 0 aromatic carbocycles. The maximum absolute atomic E-state index is 3.92. The highest BCUT2D eigenvalue weighted by molar-refractivity contribution is 7.99. The lowest BCUT2D eigenvalue weighted by atomic mass is 9.88. The van der Waals surface area contributed by atoms with Gasteiger partial charge in [-0.3, -0.25) is 4.90 Å². The van der Waals surface area contributed by atoms with Gasteiger partial charge in [-0.1, -0.05) is 33.6 Å². The Morgan fingerprint density at radius 2 is 1.95 bits per heavy atom. The second-order valence-electron chi connectivity index (χ2n) is 6.86. The summed E-state index contributed by atoms with van der Waals surface area (Å²) in [6.07, 6.45) is 5.63. The minimum absolute atomic E-state index is 0.455. The van der Waals surface area contributed by atoms with Crippen molar-refractivity contribution in [2.75, 3.05) is 24.6 Å². The lowest BCUT2D eigenvalue weighted by molar-refractivity contribution is 0.0344. The lowest BCUT2D eigenvalue weighted by Gasteiger charge is -2.50. The first-order valence-electron chi connectivity index (χ1n) is 8.16. The normalized spacial score (nSPS) is 29.2. The van der Waals surface area contributed by atoms with E-state index in [1.165, 1.54) is 50.3 Å². The van der Waals surface area contributed by atoms with E-state index < -0.39 is 0 Å². The summed E-state index contributed by atoms with van der Waals surface area (Å²) < 4.78 is 0. The molecular weight excluding hydrogens is 252 g/mol. The Labute approximate surface area is 124 Å². The van der Waals surface area contributed by atoms with Crippen molar-refractivity contribution in [3.05, 3.63) is 0 Å². The fraction of sp³-hybridized carbons (Fsp3) is 1.00. The second kappa shape index (κ2) is 6.82. The zero-order valence-corrected chi connectivity index (χ0v) is 14.1. The molecule has 2 aliphatic rings. The predicted octanol–water partition coefficient (Wildman–Crippen LogP) is 3.37. The molecule has 0 aromatic rings. The summed E-state index contributed by atoms with van der Waals surface area (Å²) in [5.41, 5.74) is 0.455. The summed E-state index contributed by atoms with van der Waals surface area (Å²) >= 11 is 2.09. The summed E-state index contributed by atoms with van der Waals surface area (Å²) in [5, 5.41) is 3.92. The Balaban J connectivity index is 2.03. The number of hydrogen-bond acceptors (Lipinski definition) is 3. The average Bonchev–Trinajstić information content (AvgIpc) is 2.83. The van der Waals surface area contributed by atoms with Gasteiger partial charge >= 0.3 is 0 Å². The maximum Gasteiger partial charge on any atom is 0.0309 e. The Hall–Kier alpha value is 0.270. The molecule has 0 bridgehead atoms. The summed E-state index contributed by atoms with van der Waals surface area (Å²) in [4.78, 5) is 2.83. The molecule has 2 fully saturated rings. The fourth-order valence-corrected chi connectivity index (χ4v) is 4.60. The van der Waals surface area contributed by atoms with E-state index in [1.807, 2.05) is 0 Å². The maximum atomic E-state index is 3.92. The van der Waals surface area contributed by atoms with Gasteiger partial charge in [0.05, 0.1) is 0 Å². The second-order valence-corrected chi connectivity index (χ2v) is 8.18. The molecule has 0 radical (unpaired) electrons. The molecule has 1 saturated carbocycles. The molecule has 19 heavy (non-hydrogen) atoms. The lowest BCUT2D eigenvalue weighted by Crippen LogP contribution is -2.66. The van der Waals surface area contributed by atoms with Crippen molar-refractivity contribution in [1.82, 2.24) is 10.2 Å². The van der Waals surface area contributed by atoms with E-state index >= 15 is 0 Å². The molecule has 1 N–H and O–H groups in total. The van der Waals surface area contributed by atoms with Gasteiger partial charge < -0.3 is 5.32 Å². The molecule has 2 nitrogen and oxygen atoms in total. The van der Waals surface area contributed by atoms with Crippen molar-refractivity contribution in [2.24, 2.45) is 5.92 Å². The standard InChI is InChI=1S/C16H32N2S/c1-5-19-11-14(4)18-12-16(8-6-7-9-16)17-10-15(18)13(2)3/h13-15,17H,5-12H2,1-4H3. The topological polar surface area (TPSA) is 15.3 Å². The van der Waals surface area contributed by atoms with Gasteiger partial charge in [-0.25, -0.2) is 0 Å². The first-order chi connectivity index (χ1) is 9.08. The molecule has 3 heteroatoms. The van der Waals surface area contributed by atoms with Gasteiger partial charge in [0, 0.05) is 36.5 Å². The first kappa shape index (κ1) is 15.7. The van der Waals surface area contributed by atoms with Crippen LogP contribution in [0.3, 0.4) is 0 Å². The van der Waals surface area contributed by atoms with Crippen LogP contribution in [-0.4, -0.2) is 47.1 Å². The van der Waals surface area contributed by atoms with Crippen molar-refractivity contribution in [2.45, 2.75) is 71.0 Å². The van der Waals surface area contributed by atoms with E-state index in [0.717, 1.165) is 18.0 Å². The summed E-state index contributed by atoms with van der Waals surface area (Å²) in [6.45, 7) is 11.9. The van der Waals surface area contributed by atoms with Crippen molar-refractivity contribution in [3.63, 3.8) is 0 Å². The Morgan fingerprint density at radius 1 is 1.26 bits per heavy atom. The van der Waals surface area contributed by atoms with Gasteiger partial charge in [-0.05, 0) is 31.4 Å². The molecule has 2 rings (SSSR count). The molecule has 1 aliphatic carbocycles. The van der Waals surface area contributed by atoms with Gasteiger partial charge in [-0.15, -0.1) is 0 Å².